The Hall–Kier alpha value is -2.86. The van der Waals surface area contributed by atoms with Gasteiger partial charge in [0.2, 0.25) is 17.2 Å². The molecule has 0 saturated heterocycles. The first-order valence-electron chi connectivity index (χ1n) is 10.6. The molecule has 0 fully saturated rings. The van der Waals surface area contributed by atoms with Gasteiger partial charge in [-0.25, -0.2) is 0 Å². The maximum absolute atomic E-state index is 13.7. The van der Waals surface area contributed by atoms with E-state index in [0.29, 0.717) is 17.7 Å². The third kappa shape index (κ3) is 2.67. The van der Waals surface area contributed by atoms with Gasteiger partial charge < -0.3 is 20.9 Å². The summed E-state index contributed by atoms with van der Waals surface area (Å²) in [6.45, 7) is 6.17. The SMILES string of the molecule is CCCCCC(=O)NC12C(=O)c3c(N)cccc3C1(O)Oc1cc(C(C)C)ccc12. The third-order valence-electron chi connectivity index (χ3n) is 6.21. The molecule has 2 aromatic carbocycles. The van der Waals surface area contributed by atoms with Crippen LogP contribution in [0.5, 0.6) is 5.75 Å². The molecule has 6 nitrogen and oxygen atoms in total. The lowest BCUT2D eigenvalue weighted by Gasteiger charge is -2.34. The maximum atomic E-state index is 13.7. The molecule has 2 aromatic rings. The molecule has 1 aliphatic heterocycles. The number of nitrogen functional groups attached to an aromatic ring is 1. The highest BCUT2D eigenvalue weighted by atomic mass is 16.6. The Morgan fingerprint density at radius 1 is 1.20 bits per heavy atom. The molecule has 2 unspecified atom stereocenters. The zero-order valence-corrected chi connectivity index (χ0v) is 17.6. The van der Waals surface area contributed by atoms with E-state index in [1.807, 2.05) is 12.1 Å². The van der Waals surface area contributed by atoms with E-state index in [1.54, 1.807) is 24.3 Å². The van der Waals surface area contributed by atoms with Crippen molar-refractivity contribution in [3.63, 3.8) is 0 Å². The highest BCUT2D eigenvalue weighted by molar-refractivity contribution is 6.15. The molecule has 2 atom stereocenters. The second-order valence-electron chi connectivity index (χ2n) is 8.51. The Bertz CT molecular complexity index is 1030. The number of hydrogen-bond acceptors (Lipinski definition) is 5. The Morgan fingerprint density at radius 3 is 2.67 bits per heavy atom. The van der Waals surface area contributed by atoms with Gasteiger partial charge in [0.05, 0.1) is 5.56 Å². The molecule has 1 heterocycles. The minimum absolute atomic E-state index is 0.201. The zero-order valence-electron chi connectivity index (χ0n) is 17.6. The molecular weight excluding hydrogens is 380 g/mol. The van der Waals surface area contributed by atoms with Crippen LogP contribution in [0.2, 0.25) is 0 Å². The number of anilines is 1. The van der Waals surface area contributed by atoms with Crippen LogP contribution in [-0.4, -0.2) is 16.8 Å². The normalized spacial score (nSPS) is 23.7. The first-order chi connectivity index (χ1) is 14.3. The summed E-state index contributed by atoms with van der Waals surface area (Å²) in [4.78, 5) is 26.6. The van der Waals surface area contributed by atoms with Crippen molar-refractivity contribution in [1.29, 1.82) is 0 Å². The van der Waals surface area contributed by atoms with Gasteiger partial charge in [0.15, 0.2) is 0 Å². The van der Waals surface area contributed by atoms with Gasteiger partial charge in [-0.3, -0.25) is 9.59 Å². The Kier molecular flexibility index (Phi) is 4.85. The van der Waals surface area contributed by atoms with Gasteiger partial charge in [0.25, 0.3) is 5.79 Å². The molecule has 4 N–H and O–H groups in total. The first kappa shape index (κ1) is 20.4. The number of benzene rings is 2. The molecule has 1 aliphatic carbocycles. The predicted octanol–water partition coefficient (Wildman–Crippen LogP) is 3.72. The summed E-state index contributed by atoms with van der Waals surface area (Å²) in [5.74, 6) is -2.15. The van der Waals surface area contributed by atoms with Crippen LogP contribution >= 0.6 is 0 Å². The zero-order chi connectivity index (χ0) is 21.7. The van der Waals surface area contributed by atoms with Crippen LogP contribution in [0.15, 0.2) is 36.4 Å². The highest BCUT2D eigenvalue weighted by Crippen LogP contribution is 2.59. The van der Waals surface area contributed by atoms with E-state index >= 15 is 0 Å². The number of rotatable bonds is 6. The van der Waals surface area contributed by atoms with Gasteiger partial charge in [-0.2, -0.15) is 0 Å². The highest BCUT2D eigenvalue weighted by Gasteiger charge is 2.72. The van der Waals surface area contributed by atoms with Crippen LogP contribution < -0.4 is 15.8 Å². The van der Waals surface area contributed by atoms with Gasteiger partial charge in [-0.05, 0) is 30.0 Å². The van der Waals surface area contributed by atoms with E-state index in [2.05, 4.69) is 26.1 Å². The average Bonchev–Trinajstić information content (AvgIpc) is 3.05. The van der Waals surface area contributed by atoms with Gasteiger partial charge in [0.1, 0.15) is 5.75 Å². The second kappa shape index (κ2) is 7.13. The van der Waals surface area contributed by atoms with E-state index in [1.165, 1.54) is 0 Å². The number of Topliss-reactive ketones (excluding diaryl/α,β-unsaturated/α-hetero) is 1. The van der Waals surface area contributed by atoms with E-state index in [9.17, 15) is 14.7 Å². The Morgan fingerprint density at radius 2 is 1.97 bits per heavy atom. The summed E-state index contributed by atoms with van der Waals surface area (Å²) in [6, 6.07) is 10.4. The summed E-state index contributed by atoms with van der Waals surface area (Å²) in [7, 11) is 0. The summed E-state index contributed by atoms with van der Waals surface area (Å²) in [5.41, 5.74) is 6.55. The lowest BCUT2D eigenvalue weighted by molar-refractivity contribution is -0.175. The van der Waals surface area contributed by atoms with Gasteiger partial charge >= 0.3 is 0 Å². The molecule has 0 bridgehead atoms. The van der Waals surface area contributed by atoms with Crippen molar-refractivity contribution < 1.29 is 19.4 Å². The molecule has 0 spiro atoms. The van der Waals surface area contributed by atoms with Crippen molar-refractivity contribution in [3.8, 4) is 5.75 Å². The number of nitrogens with one attached hydrogen (secondary N) is 1. The van der Waals surface area contributed by atoms with Gasteiger partial charge in [-0.1, -0.05) is 57.9 Å². The second-order valence-corrected chi connectivity index (χ2v) is 8.51. The van der Waals surface area contributed by atoms with Crippen LogP contribution in [0.1, 0.15) is 79.4 Å². The van der Waals surface area contributed by atoms with Crippen molar-refractivity contribution in [2.24, 2.45) is 0 Å². The summed E-state index contributed by atoms with van der Waals surface area (Å²) >= 11 is 0. The number of aliphatic hydroxyl groups is 1. The summed E-state index contributed by atoms with van der Waals surface area (Å²) < 4.78 is 6.06. The van der Waals surface area contributed by atoms with E-state index < -0.39 is 17.1 Å². The molecule has 0 aromatic heterocycles. The average molecular weight is 408 g/mol. The monoisotopic (exact) mass is 408 g/mol. The number of ether oxygens (including phenoxy) is 1. The largest absolute Gasteiger partial charge is 0.454 e. The third-order valence-corrected chi connectivity index (χ3v) is 6.21. The van der Waals surface area contributed by atoms with Gasteiger partial charge in [-0.15, -0.1) is 0 Å². The maximum Gasteiger partial charge on any atom is 0.271 e. The fourth-order valence-electron chi connectivity index (χ4n) is 4.55. The van der Waals surface area contributed by atoms with Crippen molar-refractivity contribution in [3.05, 3.63) is 58.7 Å². The molecule has 1 amide bonds. The van der Waals surface area contributed by atoms with Crippen molar-refractivity contribution >= 4 is 17.4 Å². The lowest BCUT2D eigenvalue weighted by atomic mass is 9.82. The van der Waals surface area contributed by atoms with Crippen LogP contribution in [-0.2, 0) is 16.1 Å². The Labute approximate surface area is 176 Å². The van der Waals surface area contributed by atoms with Crippen molar-refractivity contribution in [1.82, 2.24) is 5.32 Å². The molecule has 30 heavy (non-hydrogen) atoms. The summed E-state index contributed by atoms with van der Waals surface area (Å²) in [6.07, 6.45) is 2.87. The van der Waals surface area contributed by atoms with E-state index in [-0.39, 0.29) is 35.1 Å². The lowest BCUT2D eigenvalue weighted by Crippen LogP contribution is -2.60. The van der Waals surface area contributed by atoms with E-state index in [0.717, 1.165) is 18.4 Å². The first-order valence-corrected chi connectivity index (χ1v) is 10.6. The smallest absolute Gasteiger partial charge is 0.271 e. The van der Waals surface area contributed by atoms with Crippen molar-refractivity contribution in [2.75, 3.05) is 5.73 Å². The van der Waals surface area contributed by atoms with Crippen LogP contribution in [0.25, 0.3) is 0 Å². The number of fused-ring (bicyclic) bond motifs is 5. The van der Waals surface area contributed by atoms with Crippen LogP contribution in [0.3, 0.4) is 0 Å². The molecule has 6 heteroatoms. The minimum atomic E-state index is -2.05. The number of nitrogens with two attached hydrogens (primary N) is 1. The van der Waals surface area contributed by atoms with Crippen LogP contribution in [0, 0.1) is 0 Å². The number of carbonyl (C=O) groups is 2. The number of amides is 1. The topological polar surface area (TPSA) is 102 Å². The Balaban J connectivity index is 1.87. The fraction of sp³-hybridized carbons (Fsp3) is 0.417. The molecule has 158 valence electrons. The standard InChI is InChI=1S/C24H28N2O4/c1-4-5-6-10-20(27)26-23-16-12-11-15(14(2)3)13-19(16)30-24(23,29)17-8-7-9-18(25)21(17)22(23)28/h7-9,11-14,29H,4-6,10,25H2,1-3H3,(H,26,27). The number of carbonyl (C=O) groups excluding carboxylic acids is 2. The molecule has 2 aliphatic rings. The number of hydrogen-bond donors (Lipinski definition) is 3. The molecule has 4 rings (SSSR count). The summed E-state index contributed by atoms with van der Waals surface area (Å²) in [5, 5.41) is 14.7. The van der Waals surface area contributed by atoms with Gasteiger partial charge in [0, 0.05) is 23.2 Å². The number of ketones is 1. The number of unbranched alkanes of at least 4 members (excludes halogenated alkanes) is 2. The molecule has 0 saturated carbocycles. The quantitative estimate of drug-likeness (QED) is 0.499. The van der Waals surface area contributed by atoms with Crippen LogP contribution in [0.4, 0.5) is 5.69 Å². The molecular formula is C24H28N2O4. The van der Waals surface area contributed by atoms with Crippen molar-refractivity contribution in [2.45, 2.75) is 63.7 Å². The van der Waals surface area contributed by atoms with E-state index in [4.69, 9.17) is 10.5 Å². The predicted molar refractivity (Wildman–Crippen MR) is 114 cm³/mol. The molecule has 0 radical (unpaired) electrons. The fourth-order valence-corrected chi connectivity index (χ4v) is 4.55. The minimum Gasteiger partial charge on any atom is -0.454 e.